The second-order valence-electron chi connectivity index (χ2n) is 7.92. The Morgan fingerprint density at radius 3 is 2.52 bits per heavy atom. The van der Waals surface area contributed by atoms with Crippen LogP contribution in [0.5, 0.6) is 0 Å². The number of nitrogens with one attached hydrogen (secondary N) is 1. The molecule has 0 aromatic heterocycles. The van der Waals surface area contributed by atoms with Gasteiger partial charge in [0, 0.05) is 13.1 Å². The van der Waals surface area contributed by atoms with Gasteiger partial charge in [0.2, 0.25) is 0 Å². The van der Waals surface area contributed by atoms with Crippen molar-refractivity contribution in [1.29, 1.82) is 0 Å². The number of nitrogens with zero attached hydrogens (tertiary/aromatic N) is 1. The van der Waals surface area contributed by atoms with Gasteiger partial charge in [0.05, 0.1) is 4.90 Å². The number of rotatable bonds is 4. The number of fused-ring (bicyclic) bond motifs is 1. The van der Waals surface area contributed by atoms with Crippen LogP contribution < -0.4 is 5.32 Å². The minimum Gasteiger partial charge on any atom is -0.317 e. The first-order valence-corrected chi connectivity index (χ1v) is 11.5. The summed E-state index contributed by atoms with van der Waals surface area (Å²) in [4.78, 5) is 2.24. The van der Waals surface area contributed by atoms with E-state index in [1.165, 1.54) is 23.3 Å². The highest BCUT2D eigenvalue weighted by Crippen LogP contribution is 2.34. The Morgan fingerprint density at radius 1 is 1.10 bits per heavy atom. The van der Waals surface area contributed by atoms with E-state index >= 15 is 0 Å². The standard InChI is InChI=1S/C22H27FN2O2S.ClH/c1-16-6-7-20(23)14-21(16)28(26,27)22(18-8-11-24-12-9-18)25-13-10-17-4-2-3-5-19(17)15-25;/h2-7,14,18,22,24H,8-13,15H2,1H3;1H. The van der Waals surface area contributed by atoms with Gasteiger partial charge in [-0.1, -0.05) is 30.3 Å². The zero-order valence-electron chi connectivity index (χ0n) is 16.6. The number of benzene rings is 2. The van der Waals surface area contributed by atoms with Crippen molar-refractivity contribution in [2.24, 2.45) is 5.92 Å². The molecule has 29 heavy (non-hydrogen) atoms. The number of piperidine rings is 1. The van der Waals surface area contributed by atoms with Crippen molar-refractivity contribution in [2.45, 2.75) is 43.0 Å². The van der Waals surface area contributed by atoms with Gasteiger partial charge in [-0.3, -0.25) is 4.90 Å². The summed E-state index contributed by atoms with van der Waals surface area (Å²) in [5.74, 6) is -0.462. The molecule has 2 aliphatic heterocycles. The monoisotopic (exact) mass is 438 g/mol. The van der Waals surface area contributed by atoms with E-state index in [0.29, 0.717) is 18.7 Å². The van der Waals surface area contributed by atoms with Gasteiger partial charge < -0.3 is 5.32 Å². The highest BCUT2D eigenvalue weighted by Gasteiger charge is 2.41. The summed E-state index contributed by atoms with van der Waals surface area (Å²) in [5, 5.41) is 2.70. The molecular weight excluding hydrogens is 411 g/mol. The van der Waals surface area contributed by atoms with Crippen molar-refractivity contribution in [1.82, 2.24) is 10.2 Å². The van der Waals surface area contributed by atoms with Crippen molar-refractivity contribution in [3.8, 4) is 0 Å². The largest absolute Gasteiger partial charge is 0.317 e. The summed E-state index contributed by atoms with van der Waals surface area (Å²) >= 11 is 0. The molecule has 158 valence electrons. The van der Waals surface area contributed by atoms with E-state index in [1.54, 1.807) is 13.0 Å². The fraction of sp³-hybridized carbons (Fsp3) is 0.455. The van der Waals surface area contributed by atoms with Crippen LogP contribution in [0.3, 0.4) is 0 Å². The molecule has 1 saturated heterocycles. The van der Waals surface area contributed by atoms with E-state index in [0.717, 1.165) is 32.4 Å². The molecule has 0 aliphatic carbocycles. The molecule has 4 rings (SSSR count). The van der Waals surface area contributed by atoms with Gasteiger partial charge in [0.15, 0.2) is 9.84 Å². The lowest BCUT2D eigenvalue weighted by atomic mass is 9.94. The summed E-state index contributed by atoms with van der Waals surface area (Å²) < 4.78 is 41.5. The maximum Gasteiger partial charge on any atom is 0.195 e. The zero-order chi connectivity index (χ0) is 19.7. The van der Waals surface area contributed by atoms with Gasteiger partial charge >= 0.3 is 0 Å². The average molecular weight is 439 g/mol. The number of hydrogen-bond acceptors (Lipinski definition) is 4. The van der Waals surface area contributed by atoms with Crippen LogP contribution in [0.4, 0.5) is 4.39 Å². The lowest BCUT2D eigenvalue weighted by Gasteiger charge is -2.40. The highest BCUT2D eigenvalue weighted by molar-refractivity contribution is 7.92. The fourth-order valence-electron chi connectivity index (χ4n) is 4.62. The highest BCUT2D eigenvalue weighted by atomic mass is 35.5. The molecule has 0 spiro atoms. The van der Waals surface area contributed by atoms with Gasteiger partial charge in [0.1, 0.15) is 11.2 Å². The van der Waals surface area contributed by atoms with Crippen molar-refractivity contribution >= 4 is 22.2 Å². The molecule has 2 heterocycles. The fourth-order valence-corrected chi connectivity index (χ4v) is 7.03. The number of hydrogen-bond donors (Lipinski definition) is 1. The maximum atomic E-state index is 13.9. The molecule has 1 unspecified atom stereocenters. The third-order valence-corrected chi connectivity index (χ3v) is 8.45. The van der Waals surface area contributed by atoms with Crippen LogP contribution in [-0.2, 0) is 22.8 Å². The molecule has 2 aromatic rings. The van der Waals surface area contributed by atoms with Crippen molar-refractivity contribution in [3.05, 3.63) is 65.0 Å². The van der Waals surface area contributed by atoms with E-state index in [1.807, 2.05) is 12.1 Å². The summed E-state index contributed by atoms with van der Waals surface area (Å²) in [6.07, 6.45) is 2.47. The molecule has 0 saturated carbocycles. The van der Waals surface area contributed by atoms with Gasteiger partial charge in [-0.05, 0) is 74.0 Å². The van der Waals surface area contributed by atoms with Crippen LogP contribution in [0.2, 0.25) is 0 Å². The lowest BCUT2D eigenvalue weighted by Crippen LogP contribution is -2.50. The van der Waals surface area contributed by atoms with Crippen LogP contribution in [0, 0.1) is 18.7 Å². The molecule has 1 N–H and O–H groups in total. The first kappa shape index (κ1) is 22.2. The van der Waals surface area contributed by atoms with Crippen LogP contribution in [0.1, 0.15) is 29.5 Å². The molecule has 0 radical (unpaired) electrons. The number of halogens is 2. The third-order valence-electron chi connectivity index (χ3n) is 6.08. The van der Waals surface area contributed by atoms with E-state index in [-0.39, 0.29) is 23.2 Å². The SMILES string of the molecule is Cc1ccc(F)cc1S(=O)(=O)C(C1CCNCC1)N1CCc2ccccc2C1.Cl. The van der Waals surface area contributed by atoms with Crippen molar-refractivity contribution < 1.29 is 12.8 Å². The summed E-state index contributed by atoms with van der Waals surface area (Å²) in [6, 6.07) is 12.3. The average Bonchev–Trinajstić information content (AvgIpc) is 2.70. The Balaban J connectivity index is 0.00000240. The Bertz CT molecular complexity index is 961. The number of aryl methyl sites for hydroxylation is 1. The Labute approximate surface area is 178 Å². The van der Waals surface area contributed by atoms with E-state index < -0.39 is 21.0 Å². The Kier molecular flexibility index (Phi) is 6.99. The molecule has 4 nitrogen and oxygen atoms in total. The summed E-state index contributed by atoms with van der Waals surface area (Å²) in [7, 11) is -3.70. The molecule has 2 aliphatic rings. The molecule has 0 amide bonds. The third kappa shape index (κ3) is 4.50. The zero-order valence-corrected chi connectivity index (χ0v) is 18.2. The normalized spacial score (nSPS) is 19.2. The Morgan fingerprint density at radius 2 is 1.79 bits per heavy atom. The summed E-state index contributed by atoms with van der Waals surface area (Å²) in [6.45, 7) is 4.72. The maximum absolute atomic E-state index is 13.9. The van der Waals surface area contributed by atoms with Crippen LogP contribution in [-0.4, -0.2) is 38.3 Å². The van der Waals surface area contributed by atoms with E-state index in [9.17, 15) is 12.8 Å². The first-order valence-electron chi connectivity index (χ1n) is 9.98. The quantitative estimate of drug-likeness (QED) is 0.790. The second kappa shape index (κ2) is 9.13. The molecule has 7 heteroatoms. The minimum atomic E-state index is -3.70. The predicted octanol–water partition coefficient (Wildman–Crippen LogP) is 3.71. The topological polar surface area (TPSA) is 49.4 Å². The van der Waals surface area contributed by atoms with Gasteiger partial charge in [-0.25, -0.2) is 12.8 Å². The van der Waals surface area contributed by atoms with Crippen molar-refractivity contribution in [2.75, 3.05) is 19.6 Å². The van der Waals surface area contributed by atoms with Crippen LogP contribution in [0.25, 0.3) is 0 Å². The predicted molar refractivity (Wildman–Crippen MR) is 116 cm³/mol. The molecule has 1 fully saturated rings. The summed E-state index contributed by atoms with van der Waals surface area (Å²) in [5.41, 5.74) is 3.10. The van der Waals surface area contributed by atoms with E-state index in [2.05, 4.69) is 22.3 Å². The molecule has 2 aromatic carbocycles. The van der Waals surface area contributed by atoms with Crippen LogP contribution >= 0.6 is 12.4 Å². The molecule has 1 atom stereocenters. The number of sulfone groups is 1. The first-order chi connectivity index (χ1) is 13.5. The van der Waals surface area contributed by atoms with Gasteiger partial charge in [-0.15, -0.1) is 12.4 Å². The van der Waals surface area contributed by atoms with Gasteiger partial charge in [-0.2, -0.15) is 0 Å². The smallest absolute Gasteiger partial charge is 0.195 e. The van der Waals surface area contributed by atoms with E-state index in [4.69, 9.17) is 0 Å². The second-order valence-corrected chi connectivity index (χ2v) is 9.93. The molecule has 0 bridgehead atoms. The molecular formula is C22H28ClFN2O2S. The lowest BCUT2D eigenvalue weighted by molar-refractivity contribution is 0.159. The van der Waals surface area contributed by atoms with Crippen LogP contribution in [0.15, 0.2) is 47.4 Å². The Hall–Kier alpha value is -1.47. The van der Waals surface area contributed by atoms with Gasteiger partial charge in [0.25, 0.3) is 0 Å². The van der Waals surface area contributed by atoms with Crippen molar-refractivity contribution in [3.63, 3.8) is 0 Å². The minimum absolute atomic E-state index is 0.